The van der Waals surface area contributed by atoms with Crippen LogP contribution in [0.25, 0.3) is 0 Å². The fourth-order valence-electron chi connectivity index (χ4n) is 0.906. The second-order valence-electron chi connectivity index (χ2n) is 3.06. The van der Waals surface area contributed by atoms with Gasteiger partial charge in [0.05, 0.1) is 5.54 Å². The fourth-order valence-corrected chi connectivity index (χ4v) is 1.88. The van der Waals surface area contributed by atoms with Gasteiger partial charge in [-0.15, -0.1) is 11.3 Å². The maximum Gasteiger partial charge on any atom is 0.181 e. The van der Waals surface area contributed by atoms with Crippen LogP contribution in [0.15, 0.2) is 11.6 Å². The number of thiazole rings is 1. The first-order valence-electron chi connectivity index (χ1n) is 3.75. The zero-order valence-corrected chi connectivity index (χ0v) is 9.13. The van der Waals surface area contributed by atoms with Crippen LogP contribution in [0.1, 0.15) is 18.9 Å². The van der Waals surface area contributed by atoms with Gasteiger partial charge in [0.2, 0.25) is 0 Å². The van der Waals surface area contributed by atoms with Gasteiger partial charge >= 0.3 is 0 Å². The number of thiocarbonyl (C=S) groups is 1. The van der Waals surface area contributed by atoms with Crippen molar-refractivity contribution in [2.45, 2.75) is 19.4 Å². The van der Waals surface area contributed by atoms with Gasteiger partial charge in [-0.3, -0.25) is 0 Å². The fraction of sp³-hybridized carbons (Fsp3) is 0.429. The highest BCUT2D eigenvalue weighted by atomic mass is 32.1. The van der Waals surface area contributed by atoms with Crippen LogP contribution in [0.2, 0.25) is 0 Å². The Balaban J connectivity index is 2.72. The molecule has 0 fully saturated rings. The smallest absolute Gasteiger partial charge is 0.181 e. The first-order valence-corrected chi connectivity index (χ1v) is 5.04. The molecule has 4 N–H and O–H groups in total. The van der Waals surface area contributed by atoms with Gasteiger partial charge in [0.1, 0.15) is 5.01 Å². The molecule has 72 valence electrons. The third-order valence-electron chi connectivity index (χ3n) is 1.52. The van der Waals surface area contributed by atoms with Crippen molar-refractivity contribution in [1.82, 2.24) is 15.7 Å². The van der Waals surface area contributed by atoms with Gasteiger partial charge in [-0.2, -0.15) is 0 Å². The third-order valence-corrected chi connectivity index (χ3v) is 2.84. The molecule has 0 aliphatic rings. The molecule has 0 aliphatic carbocycles. The van der Waals surface area contributed by atoms with Crippen molar-refractivity contribution in [3.05, 3.63) is 16.6 Å². The Morgan fingerprint density at radius 1 is 1.69 bits per heavy atom. The highest BCUT2D eigenvalue weighted by Crippen LogP contribution is 2.21. The summed E-state index contributed by atoms with van der Waals surface area (Å²) in [6, 6.07) is 0. The predicted molar refractivity (Wildman–Crippen MR) is 58.2 cm³/mol. The Morgan fingerprint density at radius 3 is 2.85 bits per heavy atom. The van der Waals surface area contributed by atoms with E-state index in [1.807, 2.05) is 19.2 Å². The van der Waals surface area contributed by atoms with Crippen LogP contribution in [0.3, 0.4) is 0 Å². The van der Waals surface area contributed by atoms with E-state index >= 15 is 0 Å². The summed E-state index contributed by atoms with van der Waals surface area (Å²) in [6.45, 7) is 3.99. The van der Waals surface area contributed by atoms with Crippen LogP contribution < -0.4 is 16.6 Å². The molecule has 0 bridgehead atoms. The summed E-state index contributed by atoms with van der Waals surface area (Å²) in [5, 5.41) is 6.37. The monoisotopic (exact) mass is 216 g/mol. The van der Waals surface area contributed by atoms with Crippen LogP contribution in [-0.4, -0.2) is 10.1 Å². The molecule has 0 saturated carbocycles. The minimum absolute atomic E-state index is 0.280. The molecule has 13 heavy (non-hydrogen) atoms. The molecule has 0 atom stereocenters. The molecule has 1 rings (SSSR count). The van der Waals surface area contributed by atoms with Crippen LogP contribution >= 0.6 is 23.6 Å². The van der Waals surface area contributed by atoms with E-state index in [1.165, 1.54) is 0 Å². The number of aromatic nitrogens is 1. The van der Waals surface area contributed by atoms with E-state index < -0.39 is 0 Å². The molecule has 0 aromatic carbocycles. The van der Waals surface area contributed by atoms with Crippen molar-refractivity contribution < 1.29 is 0 Å². The lowest BCUT2D eigenvalue weighted by atomic mass is 10.1. The summed E-state index contributed by atoms with van der Waals surface area (Å²) in [4.78, 5) is 4.20. The lowest BCUT2D eigenvalue weighted by Crippen LogP contribution is -2.48. The maximum absolute atomic E-state index is 5.16. The van der Waals surface area contributed by atoms with Crippen molar-refractivity contribution in [2.75, 3.05) is 0 Å². The molecule has 0 spiro atoms. The normalized spacial score (nSPS) is 11.0. The molecule has 0 unspecified atom stereocenters. The van der Waals surface area contributed by atoms with Crippen LogP contribution in [0.5, 0.6) is 0 Å². The van der Waals surface area contributed by atoms with Gasteiger partial charge in [-0.1, -0.05) is 0 Å². The van der Waals surface area contributed by atoms with E-state index in [1.54, 1.807) is 17.5 Å². The Morgan fingerprint density at radius 2 is 2.38 bits per heavy atom. The topological polar surface area (TPSA) is 63.0 Å². The summed E-state index contributed by atoms with van der Waals surface area (Å²) in [7, 11) is 0. The minimum atomic E-state index is -0.280. The molecular weight excluding hydrogens is 204 g/mol. The Hall–Kier alpha value is -0.720. The second kappa shape index (κ2) is 3.99. The molecular formula is C7H12N4S2. The molecule has 0 amide bonds. The molecule has 1 aromatic rings. The zero-order valence-electron chi connectivity index (χ0n) is 7.50. The van der Waals surface area contributed by atoms with Crippen LogP contribution in [0.4, 0.5) is 0 Å². The summed E-state index contributed by atoms with van der Waals surface area (Å²) in [6.07, 6.45) is 1.77. The Bertz CT molecular complexity index is 281. The summed E-state index contributed by atoms with van der Waals surface area (Å²) in [5.41, 5.74) is 2.10. The highest BCUT2D eigenvalue weighted by Gasteiger charge is 2.23. The summed E-state index contributed by atoms with van der Waals surface area (Å²) in [5.74, 6) is 5.16. The second-order valence-corrected chi connectivity index (χ2v) is 4.36. The van der Waals surface area contributed by atoms with E-state index in [-0.39, 0.29) is 5.54 Å². The average molecular weight is 216 g/mol. The number of hydrogen-bond acceptors (Lipinski definition) is 4. The van der Waals surface area contributed by atoms with Crippen molar-refractivity contribution in [3.63, 3.8) is 0 Å². The first-order chi connectivity index (χ1) is 6.06. The van der Waals surface area contributed by atoms with Gasteiger partial charge in [0, 0.05) is 11.6 Å². The van der Waals surface area contributed by atoms with Crippen LogP contribution in [-0.2, 0) is 5.54 Å². The minimum Gasteiger partial charge on any atom is -0.350 e. The van der Waals surface area contributed by atoms with Crippen molar-refractivity contribution in [1.29, 1.82) is 0 Å². The number of nitrogens with one attached hydrogen (secondary N) is 2. The lowest BCUT2D eigenvalue weighted by Gasteiger charge is -2.24. The summed E-state index contributed by atoms with van der Waals surface area (Å²) >= 11 is 6.49. The molecule has 6 heteroatoms. The first kappa shape index (κ1) is 10.4. The largest absolute Gasteiger partial charge is 0.350 e. The standard InChI is InChI=1S/C7H12N4S2/c1-7(2,10-6(12)11-8)5-9-3-4-13-5/h3-4H,8H2,1-2H3,(H2,10,11,12). The van der Waals surface area contributed by atoms with E-state index in [0.29, 0.717) is 5.11 Å². The van der Waals surface area contributed by atoms with Gasteiger partial charge in [-0.05, 0) is 26.1 Å². The Labute approximate surface area is 86.5 Å². The van der Waals surface area contributed by atoms with Gasteiger partial charge < -0.3 is 10.7 Å². The number of hydrogen-bond donors (Lipinski definition) is 3. The zero-order chi connectivity index (χ0) is 9.90. The number of nitrogens with two attached hydrogens (primary N) is 1. The molecule has 0 aliphatic heterocycles. The van der Waals surface area contributed by atoms with E-state index in [2.05, 4.69) is 15.7 Å². The van der Waals surface area contributed by atoms with Crippen molar-refractivity contribution in [2.24, 2.45) is 5.84 Å². The van der Waals surface area contributed by atoms with E-state index in [9.17, 15) is 0 Å². The van der Waals surface area contributed by atoms with Gasteiger partial charge in [0.15, 0.2) is 5.11 Å². The van der Waals surface area contributed by atoms with E-state index in [4.69, 9.17) is 18.1 Å². The molecule has 0 saturated heterocycles. The highest BCUT2D eigenvalue weighted by molar-refractivity contribution is 7.80. The van der Waals surface area contributed by atoms with E-state index in [0.717, 1.165) is 5.01 Å². The maximum atomic E-state index is 5.16. The summed E-state index contributed by atoms with van der Waals surface area (Å²) < 4.78 is 0. The number of hydrazine groups is 1. The third kappa shape index (κ3) is 2.61. The van der Waals surface area contributed by atoms with Crippen molar-refractivity contribution >= 4 is 28.7 Å². The average Bonchev–Trinajstić information content (AvgIpc) is 2.55. The molecule has 0 radical (unpaired) electrons. The quantitative estimate of drug-likeness (QED) is 0.386. The SMILES string of the molecule is CC(C)(NC(=S)NN)c1nccs1. The number of nitrogens with zero attached hydrogens (tertiary/aromatic N) is 1. The van der Waals surface area contributed by atoms with Gasteiger partial charge in [0.25, 0.3) is 0 Å². The van der Waals surface area contributed by atoms with Crippen molar-refractivity contribution in [3.8, 4) is 0 Å². The van der Waals surface area contributed by atoms with Gasteiger partial charge in [-0.25, -0.2) is 10.8 Å². The number of rotatable bonds is 2. The molecule has 1 aromatic heterocycles. The lowest BCUT2D eigenvalue weighted by molar-refractivity contribution is 0.479. The predicted octanol–water partition coefficient (Wildman–Crippen LogP) is 0.716. The molecule has 1 heterocycles. The molecule has 4 nitrogen and oxygen atoms in total. The van der Waals surface area contributed by atoms with Crippen LogP contribution in [0, 0.1) is 0 Å². The Kier molecular flexibility index (Phi) is 3.18.